The van der Waals surface area contributed by atoms with Gasteiger partial charge in [-0.2, -0.15) is 0 Å². The monoisotopic (exact) mass is 334 g/mol. The number of sulfone groups is 1. The molecular formula is C16H18N2O4S. The Kier molecular flexibility index (Phi) is 4.70. The zero-order valence-corrected chi connectivity index (χ0v) is 13.9. The summed E-state index contributed by atoms with van der Waals surface area (Å²) in [6.45, 7) is 1.79. The van der Waals surface area contributed by atoms with Crippen LogP contribution in [0.5, 0.6) is 0 Å². The van der Waals surface area contributed by atoms with Gasteiger partial charge in [0.2, 0.25) is 0 Å². The van der Waals surface area contributed by atoms with Crippen molar-refractivity contribution in [2.75, 3.05) is 6.26 Å². The van der Waals surface area contributed by atoms with Crippen LogP contribution in [0.1, 0.15) is 28.9 Å². The molecule has 0 unspecified atom stereocenters. The SMILES string of the molecule is C[C@H](NC(=O)c1ccn(C)c(=O)c1)c1ccc(S(C)(=O)=O)cc1. The summed E-state index contributed by atoms with van der Waals surface area (Å²) >= 11 is 0. The van der Waals surface area contributed by atoms with Crippen molar-refractivity contribution in [1.82, 2.24) is 9.88 Å². The zero-order valence-electron chi connectivity index (χ0n) is 13.1. The minimum Gasteiger partial charge on any atom is -0.346 e. The summed E-state index contributed by atoms with van der Waals surface area (Å²) in [6, 6.07) is 8.85. The maximum atomic E-state index is 12.2. The van der Waals surface area contributed by atoms with Crippen LogP contribution in [-0.2, 0) is 16.9 Å². The molecule has 23 heavy (non-hydrogen) atoms. The highest BCUT2D eigenvalue weighted by Gasteiger charge is 2.13. The first kappa shape index (κ1) is 17.0. The summed E-state index contributed by atoms with van der Waals surface area (Å²) in [5.41, 5.74) is 0.796. The number of aromatic nitrogens is 1. The van der Waals surface area contributed by atoms with Crippen molar-refractivity contribution in [2.45, 2.75) is 17.9 Å². The summed E-state index contributed by atoms with van der Waals surface area (Å²) in [5.74, 6) is -0.359. The van der Waals surface area contributed by atoms with E-state index >= 15 is 0 Å². The molecule has 2 rings (SSSR count). The lowest BCUT2D eigenvalue weighted by molar-refractivity contribution is 0.0939. The summed E-state index contributed by atoms with van der Waals surface area (Å²) in [4.78, 5) is 23.9. The van der Waals surface area contributed by atoms with Gasteiger partial charge in [-0.05, 0) is 30.7 Å². The fourth-order valence-corrected chi connectivity index (χ4v) is 2.69. The number of carbonyl (C=O) groups excluding carboxylic acids is 1. The molecule has 7 heteroatoms. The number of amides is 1. The van der Waals surface area contributed by atoms with Gasteiger partial charge in [-0.15, -0.1) is 0 Å². The molecule has 6 nitrogen and oxygen atoms in total. The average molecular weight is 334 g/mol. The number of carbonyl (C=O) groups is 1. The number of aryl methyl sites for hydroxylation is 1. The van der Waals surface area contributed by atoms with Gasteiger partial charge < -0.3 is 9.88 Å². The molecule has 1 N–H and O–H groups in total. The number of hydrogen-bond acceptors (Lipinski definition) is 4. The third kappa shape index (κ3) is 4.07. The smallest absolute Gasteiger partial charge is 0.252 e. The molecule has 0 radical (unpaired) electrons. The van der Waals surface area contributed by atoms with Gasteiger partial charge in [-0.3, -0.25) is 9.59 Å². The highest BCUT2D eigenvalue weighted by atomic mass is 32.2. The predicted molar refractivity (Wildman–Crippen MR) is 87.1 cm³/mol. The Bertz CT molecular complexity index is 883. The molecule has 0 bridgehead atoms. The third-order valence-electron chi connectivity index (χ3n) is 3.52. The zero-order chi connectivity index (χ0) is 17.2. The maximum Gasteiger partial charge on any atom is 0.252 e. The Morgan fingerprint density at radius 2 is 1.78 bits per heavy atom. The van der Waals surface area contributed by atoms with Gasteiger partial charge in [0.1, 0.15) is 0 Å². The van der Waals surface area contributed by atoms with Crippen LogP contribution in [0.3, 0.4) is 0 Å². The lowest BCUT2D eigenvalue weighted by Gasteiger charge is -2.15. The van der Waals surface area contributed by atoms with Crippen LogP contribution in [0.25, 0.3) is 0 Å². The van der Waals surface area contributed by atoms with Crippen LogP contribution in [0.2, 0.25) is 0 Å². The van der Waals surface area contributed by atoms with Gasteiger partial charge in [0, 0.05) is 31.1 Å². The second kappa shape index (κ2) is 6.37. The van der Waals surface area contributed by atoms with E-state index in [0.717, 1.165) is 11.8 Å². The van der Waals surface area contributed by atoms with Crippen molar-refractivity contribution in [2.24, 2.45) is 7.05 Å². The van der Waals surface area contributed by atoms with E-state index in [4.69, 9.17) is 0 Å². The highest BCUT2D eigenvalue weighted by Crippen LogP contribution is 2.16. The van der Waals surface area contributed by atoms with E-state index in [1.807, 2.05) is 0 Å². The molecule has 1 heterocycles. The molecule has 0 saturated heterocycles. The number of pyridine rings is 1. The normalized spacial score (nSPS) is 12.7. The van der Waals surface area contributed by atoms with Gasteiger partial charge in [0.15, 0.2) is 9.84 Å². The fourth-order valence-electron chi connectivity index (χ4n) is 2.06. The van der Waals surface area contributed by atoms with E-state index < -0.39 is 9.84 Å². The number of hydrogen-bond donors (Lipinski definition) is 1. The average Bonchev–Trinajstić information content (AvgIpc) is 2.49. The van der Waals surface area contributed by atoms with Crippen LogP contribution < -0.4 is 10.9 Å². The van der Waals surface area contributed by atoms with Crippen molar-refractivity contribution in [1.29, 1.82) is 0 Å². The Labute approximate surface area is 134 Å². The van der Waals surface area contributed by atoms with Crippen LogP contribution in [0.15, 0.2) is 52.3 Å². The highest BCUT2D eigenvalue weighted by molar-refractivity contribution is 7.90. The third-order valence-corrected chi connectivity index (χ3v) is 4.65. The number of nitrogens with one attached hydrogen (secondary N) is 1. The molecule has 122 valence electrons. The number of nitrogens with zero attached hydrogens (tertiary/aromatic N) is 1. The van der Waals surface area contributed by atoms with Gasteiger partial charge in [-0.25, -0.2) is 8.42 Å². The van der Waals surface area contributed by atoms with Crippen molar-refractivity contribution in [3.8, 4) is 0 Å². The maximum absolute atomic E-state index is 12.2. The topological polar surface area (TPSA) is 85.2 Å². The van der Waals surface area contributed by atoms with Gasteiger partial charge in [-0.1, -0.05) is 12.1 Å². The van der Waals surface area contributed by atoms with Crippen LogP contribution in [0.4, 0.5) is 0 Å². The summed E-state index contributed by atoms with van der Waals surface area (Å²) in [6.07, 6.45) is 2.67. The quantitative estimate of drug-likeness (QED) is 0.913. The van der Waals surface area contributed by atoms with Crippen LogP contribution >= 0.6 is 0 Å². The minimum atomic E-state index is -3.24. The molecule has 1 amide bonds. The number of benzene rings is 1. The van der Waals surface area contributed by atoms with Crippen molar-refractivity contribution in [3.05, 3.63) is 64.1 Å². The van der Waals surface area contributed by atoms with E-state index in [9.17, 15) is 18.0 Å². The van der Waals surface area contributed by atoms with Crippen molar-refractivity contribution in [3.63, 3.8) is 0 Å². The molecule has 1 atom stereocenters. The molecule has 2 aromatic rings. The summed E-state index contributed by atoms with van der Waals surface area (Å²) in [7, 11) is -1.64. The predicted octanol–water partition coefficient (Wildman–Crippen LogP) is 1.28. The standard InChI is InChI=1S/C16H18N2O4S/c1-11(12-4-6-14(7-5-12)23(3,21)22)17-16(20)13-8-9-18(2)15(19)10-13/h4-11H,1-3H3,(H,17,20)/t11-/m0/s1. The second-order valence-corrected chi connectivity index (χ2v) is 7.42. The first-order chi connectivity index (χ1) is 10.7. The lowest BCUT2D eigenvalue weighted by Crippen LogP contribution is -2.28. The summed E-state index contributed by atoms with van der Waals surface area (Å²) in [5, 5.41) is 2.78. The van der Waals surface area contributed by atoms with E-state index in [-0.39, 0.29) is 28.0 Å². The van der Waals surface area contributed by atoms with E-state index in [1.165, 1.54) is 29.0 Å². The molecule has 0 saturated carbocycles. The molecule has 0 aliphatic heterocycles. The van der Waals surface area contributed by atoms with Gasteiger partial charge in [0.05, 0.1) is 10.9 Å². The molecule has 0 aliphatic carbocycles. The van der Waals surface area contributed by atoms with Crippen LogP contribution in [-0.4, -0.2) is 25.1 Å². The molecular weight excluding hydrogens is 316 g/mol. The first-order valence-electron chi connectivity index (χ1n) is 6.96. The molecule has 0 spiro atoms. The molecule has 0 aliphatic rings. The second-order valence-electron chi connectivity index (χ2n) is 5.40. The molecule has 0 fully saturated rings. The van der Waals surface area contributed by atoms with Crippen molar-refractivity contribution >= 4 is 15.7 Å². The summed E-state index contributed by atoms with van der Waals surface area (Å²) < 4.78 is 24.2. The Morgan fingerprint density at radius 3 is 2.30 bits per heavy atom. The lowest BCUT2D eigenvalue weighted by atomic mass is 10.1. The minimum absolute atomic E-state index is 0.228. The van der Waals surface area contributed by atoms with E-state index in [2.05, 4.69) is 5.32 Å². The van der Waals surface area contributed by atoms with Gasteiger partial charge >= 0.3 is 0 Å². The fraction of sp³-hybridized carbons (Fsp3) is 0.250. The largest absolute Gasteiger partial charge is 0.346 e. The Balaban J connectivity index is 2.15. The van der Waals surface area contributed by atoms with Crippen LogP contribution in [0, 0.1) is 0 Å². The Hall–Kier alpha value is -2.41. The Morgan fingerprint density at radius 1 is 1.17 bits per heavy atom. The molecule has 1 aromatic heterocycles. The number of rotatable bonds is 4. The van der Waals surface area contributed by atoms with Crippen molar-refractivity contribution < 1.29 is 13.2 Å². The molecule has 1 aromatic carbocycles. The van der Waals surface area contributed by atoms with E-state index in [0.29, 0.717) is 0 Å². The van der Waals surface area contributed by atoms with E-state index in [1.54, 1.807) is 32.2 Å². The first-order valence-corrected chi connectivity index (χ1v) is 8.85. The van der Waals surface area contributed by atoms with Gasteiger partial charge in [0.25, 0.3) is 11.5 Å².